The standard InChI is InChI=1S/C11H20Si/c1-10-6-5-7-11(10)8-9-12(2,3)4/h10-11H,5-7H2,1-4H3/t10-,11+/m0/s1. The van der Waals surface area contributed by atoms with E-state index in [4.69, 9.17) is 0 Å². The van der Waals surface area contributed by atoms with E-state index in [2.05, 4.69) is 38.0 Å². The zero-order chi connectivity index (χ0) is 9.19. The lowest BCUT2D eigenvalue weighted by molar-refractivity contribution is 0.519. The Morgan fingerprint density at radius 1 is 1.17 bits per heavy atom. The molecule has 0 heterocycles. The summed E-state index contributed by atoms with van der Waals surface area (Å²) >= 11 is 0. The Morgan fingerprint density at radius 3 is 2.25 bits per heavy atom. The van der Waals surface area contributed by atoms with Crippen LogP contribution < -0.4 is 0 Å². The molecule has 0 bridgehead atoms. The Hall–Kier alpha value is -0.223. The van der Waals surface area contributed by atoms with Gasteiger partial charge in [0.05, 0.1) is 0 Å². The van der Waals surface area contributed by atoms with Crippen LogP contribution in [0.25, 0.3) is 0 Å². The van der Waals surface area contributed by atoms with E-state index in [-0.39, 0.29) is 0 Å². The van der Waals surface area contributed by atoms with E-state index in [1.54, 1.807) is 0 Å². The molecule has 12 heavy (non-hydrogen) atoms. The summed E-state index contributed by atoms with van der Waals surface area (Å²) < 4.78 is 0. The molecule has 0 aromatic carbocycles. The lowest BCUT2D eigenvalue weighted by Gasteiger charge is -2.09. The molecule has 0 aliphatic heterocycles. The molecule has 0 spiro atoms. The largest absolute Gasteiger partial charge is 0.132 e. The molecule has 0 N–H and O–H groups in total. The van der Waals surface area contributed by atoms with Crippen LogP contribution in [0.2, 0.25) is 19.6 Å². The number of hydrogen-bond donors (Lipinski definition) is 0. The second kappa shape index (κ2) is 3.66. The minimum atomic E-state index is -1.12. The predicted octanol–water partition coefficient (Wildman–Crippen LogP) is 3.30. The minimum Gasteiger partial charge on any atom is -0.132 e. The van der Waals surface area contributed by atoms with Crippen LogP contribution >= 0.6 is 0 Å². The second-order valence-corrected chi connectivity index (χ2v) is 9.78. The van der Waals surface area contributed by atoms with Crippen molar-refractivity contribution in [3.05, 3.63) is 0 Å². The predicted molar refractivity (Wildman–Crippen MR) is 57.6 cm³/mol. The number of hydrogen-bond acceptors (Lipinski definition) is 0. The van der Waals surface area contributed by atoms with Gasteiger partial charge >= 0.3 is 0 Å². The monoisotopic (exact) mass is 180 g/mol. The molecular weight excluding hydrogens is 160 g/mol. The second-order valence-electron chi connectivity index (χ2n) is 5.03. The molecule has 1 saturated carbocycles. The fraction of sp³-hybridized carbons (Fsp3) is 0.818. The van der Waals surface area contributed by atoms with Crippen LogP contribution in [0.1, 0.15) is 26.2 Å². The van der Waals surface area contributed by atoms with Crippen molar-refractivity contribution in [2.24, 2.45) is 11.8 Å². The van der Waals surface area contributed by atoms with Crippen molar-refractivity contribution in [1.82, 2.24) is 0 Å². The van der Waals surface area contributed by atoms with E-state index in [1.807, 2.05) is 0 Å². The van der Waals surface area contributed by atoms with E-state index < -0.39 is 8.07 Å². The first kappa shape index (κ1) is 9.86. The average Bonchev–Trinajstić information content (AvgIpc) is 2.29. The highest BCUT2D eigenvalue weighted by Gasteiger charge is 2.21. The van der Waals surface area contributed by atoms with Gasteiger partial charge in [0.25, 0.3) is 0 Å². The van der Waals surface area contributed by atoms with E-state index in [1.165, 1.54) is 19.3 Å². The minimum absolute atomic E-state index is 0.719. The molecule has 1 fully saturated rings. The number of rotatable bonds is 0. The van der Waals surface area contributed by atoms with Crippen LogP contribution in [0.15, 0.2) is 0 Å². The van der Waals surface area contributed by atoms with Gasteiger partial charge in [-0.1, -0.05) is 33.0 Å². The summed E-state index contributed by atoms with van der Waals surface area (Å²) in [6, 6.07) is 0. The maximum atomic E-state index is 3.48. The topological polar surface area (TPSA) is 0 Å². The summed E-state index contributed by atoms with van der Waals surface area (Å²) in [6.45, 7) is 9.30. The molecule has 0 amide bonds. The molecule has 1 aliphatic carbocycles. The molecule has 1 rings (SSSR count). The molecule has 1 heteroatoms. The fourth-order valence-corrected chi connectivity index (χ4v) is 2.29. The molecule has 0 aromatic heterocycles. The maximum absolute atomic E-state index is 3.48. The van der Waals surface area contributed by atoms with Gasteiger partial charge in [0.1, 0.15) is 8.07 Å². The van der Waals surface area contributed by atoms with Crippen molar-refractivity contribution in [3.63, 3.8) is 0 Å². The molecule has 1 aliphatic rings. The third-order valence-electron chi connectivity index (χ3n) is 2.49. The summed E-state index contributed by atoms with van der Waals surface area (Å²) in [5, 5.41) is 0. The first-order valence-electron chi connectivity index (χ1n) is 5.02. The highest BCUT2D eigenvalue weighted by Crippen LogP contribution is 2.30. The SMILES string of the molecule is C[C@H]1CCC[C@@H]1C#C[Si](C)(C)C. The summed E-state index contributed by atoms with van der Waals surface area (Å²) in [5.74, 6) is 5.06. The van der Waals surface area contributed by atoms with Crippen molar-refractivity contribution in [1.29, 1.82) is 0 Å². The van der Waals surface area contributed by atoms with Gasteiger partial charge in [0, 0.05) is 5.92 Å². The quantitative estimate of drug-likeness (QED) is 0.396. The van der Waals surface area contributed by atoms with Crippen LogP contribution in [0.4, 0.5) is 0 Å². The Labute approximate surface area is 77.8 Å². The summed E-state index contributed by atoms with van der Waals surface area (Å²) in [4.78, 5) is 0. The van der Waals surface area contributed by atoms with Gasteiger partial charge in [0.15, 0.2) is 0 Å². The van der Waals surface area contributed by atoms with Gasteiger partial charge in [0.2, 0.25) is 0 Å². The molecule has 0 unspecified atom stereocenters. The van der Waals surface area contributed by atoms with Gasteiger partial charge in [-0.3, -0.25) is 0 Å². The van der Waals surface area contributed by atoms with Crippen molar-refractivity contribution < 1.29 is 0 Å². The van der Waals surface area contributed by atoms with Gasteiger partial charge in [-0.25, -0.2) is 0 Å². The summed E-state index contributed by atoms with van der Waals surface area (Å²) in [6.07, 6.45) is 4.13. The van der Waals surface area contributed by atoms with Crippen LogP contribution in [-0.4, -0.2) is 8.07 Å². The molecule has 2 atom stereocenters. The van der Waals surface area contributed by atoms with Crippen molar-refractivity contribution in [2.45, 2.75) is 45.8 Å². The fourth-order valence-electron chi connectivity index (χ4n) is 1.67. The molecule has 0 radical (unpaired) electrons. The zero-order valence-electron chi connectivity index (χ0n) is 8.78. The third kappa shape index (κ3) is 3.03. The summed E-state index contributed by atoms with van der Waals surface area (Å²) in [7, 11) is -1.12. The van der Waals surface area contributed by atoms with E-state index in [0.29, 0.717) is 0 Å². The van der Waals surface area contributed by atoms with Crippen LogP contribution in [0.5, 0.6) is 0 Å². The van der Waals surface area contributed by atoms with Gasteiger partial charge in [-0.15, -0.1) is 11.5 Å². The van der Waals surface area contributed by atoms with E-state index in [0.717, 1.165) is 11.8 Å². The Kier molecular flexibility index (Phi) is 3.01. The Bertz CT molecular complexity index is 201. The molecular formula is C11H20Si. The van der Waals surface area contributed by atoms with E-state index >= 15 is 0 Å². The van der Waals surface area contributed by atoms with Crippen molar-refractivity contribution in [3.8, 4) is 11.5 Å². The maximum Gasteiger partial charge on any atom is 0.129 e. The van der Waals surface area contributed by atoms with Crippen molar-refractivity contribution in [2.75, 3.05) is 0 Å². The van der Waals surface area contributed by atoms with Crippen LogP contribution in [0, 0.1) is 23.3 Å². The zero-order valence-corrected chi connectivity index (χ0v) is 9.78. The van der Waals surface area contributed by atoms with Gasteiger partial charge in [-0.05, 0) is 18.8 Å². The summed E-state index contributed by atoms with van der Waals surface area (Å²) in [5.41, 5.74) is 3.48. The highest BCUT2D eigenvalue weighted by molar-refractivity contribution is 6.83. The highest BCUT2D eigenvalue weighted by atomic mass is 28.3. The average molecular weight is 180 g/mol. The van der Waals surface area contributed by atoms with Crippen LogP contribution in [-0.2, 0) is 0 Å². The third-order valence-corrected chi connectivity index (χ3v) is 3.39. The van der Waals surface area contributed by atoms with Crippen molar-refractivity contribution >= 4 is 8.07 Å². The van der Waals surface area contributed by atoms with Gasteiger partial charge in [-0.2, -0.15) is 0 Å². The van der Waals surface area contributed by atoms with Crippen LogP contribution in [0.3, 0.4) is 0 Å². The molecule has 0 nitrogen and oxygen atoms in total. The lowest BCUT2D eigenvalue weighted by atomic mass is 10.00. The molecule has 0 saturated heterocycles. The molecule has 68 valence electrons. The first-order valence-corrected chi connectivity index (χ1v) is 8.52. The Morgan fingerprint density at radius 2 is 1.83 bits per heavy atom. The molecule has 0 aromatic rings. The van der Waals surface area contributed by atoms with Gasteiger partial charge < -0.3 is 0 Å². The van der Waals surface area contributed by atoms with E-state index in [9.17, 15) is 0 Å². The normalized spacial score (nSPS) is 29.7. The first-order chi connectivity index (χ1) is 5.49. The smallest absolute Gasteiger partial charge is 0.129 e. The Balaban J connectivity index is 2.53. The lowest BCUT2D eigenvalue weighted by Crippen LogP contribution is -2.17.